The minimum Gasteiger partial charge on any atom is -0.466 e. The van der Waals surface area contributed by atoms with Gasteiger partial charge in [-0.25, -0.2) is 0 Å². The molecule has 0 amide bonds. The summed E-state index contributed by atoms with van der Waals surface area (Å²) in [6.07, 6.45) is 10.5. The molecule has 0 unspecified atom stereocenters. The molecule has 0 N–H and O–H groups in total. The molecule has 0 saturated heterocycles. The Kier molecular flexibility index (Phi) is 6.09. The number of benzene rings is 1. The topological polar surface area (TPSA) is 9.23 Å². The monoisotopic (exact) mass is 174 g/mol. The zero-order valence-corrected chi connectivity index (χ0v) is 7.86. The number of rotatable bonds is 3. The molecule has 0 aliphatic carbocycles. The van der Waals surface area contributed by atoms with Crippen molar-refractivity contribution >= 4 is 0 Å². The smallest absolute Gasteiger partial charge is 0.126 e. The maximum Gasteiger partial charge on any atom is 0.126 e. The van der Waals surface area contributed by atoms with Crippen LogP contribution in [0.3, 0.4) is 0 Å². The highest BCUT2D eigenvalue weighted by Crippen LogP contribution is 2.12. The van der Waals surface area contributed by atoms with Crippen molar-refractivity contribution in [2.75, 3.05) is 0 Å². The van der Waals surface area contributed by atoms with E-state index in [0.29, 0.717) is 0 Å². The van der Waals surface area contributed by atoms with E-state index in [1.807, 2.05) is 12.1 Å². The number of terminal acetylenes is 1. The van der Waals surface area contributed by atoms with Crippen molar-refractivity contribution in [2.24, 2.45) is 0 Å². The first-order chi connectivity index (χ1) is 6.36. The molecule has 0 bridgehead atoms. The summed E-state index contributed by atoms with van der Waals surface area (Å²) in [5, 5.41) is 0. The Labute approximate surface area is 80.1 Å². The fraction of sp³-hybridized carbons (Fsp3) is 0.167. The fourth-order valence-corrected chi connectivity index (χ4v) is 0.900. The molecule has 0 aliphatic rings. The van der Waals surface area contributed by atoms with Crippen LogP contribution in [0.4, 0.5) is 0 Å². The summed E-state index contributed by atoms with van der Waals surface area (Å²) < 4.78 is 5.07. The second-order valence-corrected chi connectivity index (χ2v) is 2.28. The molecule has 0 spiro atoms. The average molecular weight is 174 g/mol. The highest BCUT2D eigenvalue weighted by molar-refractivity contribution is 5.27. The van der Waals surface area contributed by atoms with Crippen molar-refractivity contribution in [1.82, 2.24) is 0 Å². The molecule has 0 saturated carbocycles. The van der Waals surface area contributed by atoms with E-state index < -0.39 is 0 Å². The van der Waals surface area contributed by atoms with Gasteiger partial charge in [0.15, 0.2) is 0 Å². The fourth-order valence-electron chi connectivity index (χ4n) is 0.900. The molecule has 13 heavy (non-hydrogen) atoms. The lowest BCUT2D eigenvalue weighted by atomic mass is 10.2. The number of aryl methyl sites for hydroxylation is 1. The normalized spacial score (nSPS) is 7.92. The molecule has 0 fully saturated rings. The van der Waals surface area contributed by atoms with Crippen molar-refractivity contribution in [3.05, 3.63) is 42.7 Å². The second-order valence-electron chi connectivity index (χ2n) is 2.28. The molecule has 1 aromatic rings. The van der Waals surface area contributed by atoms with Crippen LogP contribution in [-0.4, -0.2) is 0 Å². The summed E-state index contributed by atoms with van der Waals surface area (Å²) in [6.45, 7) is 5.60. The molecule has 0 radical (unpaired) electrons. The van der Waals surface area contributed by atoms with Gasteiger partial charge in [0.25, 0.3) is 0 Å². The maximum atomic E-state index is 5.07. The molecular weight excluding hydrogens is 160 g/mol. The number of hydrogen-bond donors (Lipinski definition) is 0. The molecule has 1 heteroatoms. The summed E-state index contributed by atoms with van der Waals surface area (Å²) in [5.41, 5.74) is 1.32. The molecule has 0 aliphatic heterocycles. The summed E-state index contributed by atoms with van der Waals surface area (Å²) >= 11 is 0. The Morgan fingerprint density at radius 2 is 1.85 bits per heavy atom. The van der Waals surface area contributed by atoms with Crippen LogP contribution in [0.2, 0.25) is 0 Å². The third-order valence-electron chi connectivity index (χ3n) is 1.55. The van der Waals surface area contributed by atoms with Gasteiger partial charge >= 0.3 is 0 Å². The Morgan fingerprint density at radius 3 is 2.23 bits per heavy atom. The Hall–Kier alpha value is -1.68. The van der Waals surface area contributed by atoms with E-state index in [2.05, 4.69) is 38.5 Å². The molecular formula is C12H14O. The van der Waals surface area contributed by atoms with E-state index in [-0.39, 0.29) is 0 Å². The van der Waals surface area contributed by atoms with Crippen molar-refractivity contribution in [3.63, 3.8) is 0 Å². The zero-order valence-electron chi connectivity index (χ0n) is 7.86. The van der Waals surface area contributed by atoms with Gasteiger partial charge in [-0.2, -0.15) is 0 Å². The minimum atomic E-state index is 0.845. The minimum absolute atomic E-state index is 0.845. The van der Waals surface area contributed by atoms with Crippen LogP contribution in [0, 0.1) is 12.8 Å². The summed E-state index contributed by atoms with van der Waals surface area (Å²) in [4.78, 5) is 0. The molecule has 1 aromatic carbocycles. The lowest BCUT2D eigenvalue weighted by molar-refractivity contribution is 0.483. The van der Waals surface area contributed by atoms with Gasteiger partial charge in [-0.05, 0) is 24.1 Å². The third kappa shape index (κ3) is 4.03. The average Bonchev–Trinajstić information content (AvgIpc) is 2.23. The van der Waals surface area contributed by atoms with Gasteiger partial charge in [0.2, 0.25) is 0 Å². The Bertz CT molecular complexity index is 256. The molecule has 0 aromatic heterocycles. The van der Waals surface area contributed by atoms with Gasteiger partial charge < -0.3 is 4.74 Å². The van der Waals surface area contributed by atoms with Crippen molar-refractivity contribution in [2.45, 2.75) is 13.3 Å². The largest absolute Gasteiger partial charge is 0.466 e. The van der Waals surface area contributed by atoms with Gasteiger partial charge in [0.1, 0.15) is 5.75 Å². The van der Waals surface area contributed by atoms with Crippen LogP contribution in [0.25, 0.3) is 0 Å². The summed E-state index contributed by atoms with van der Waals surface area (Å²) in [7, 11) is 0. The highest BCUT2D eigenvalue weighted by atomic mass is 16.5. The second kappa shape index (κ2) is 7.00. The lowest BCUT2D eigenvalue weighted by Crippen LogP contribution is -1.82. The number of ether oxygens (including phenoxy) is 1. The summed E-state index contributed by atoms with van der Waals surface area (Å²) in [6, 6.07) is 8.00. The highest BCUT2D eigenvalue weighted by Gasteiger charge is 1.90. The molecule has 0 heterocycles. The van der Waals surface area contributed by atoms with Gasteiger partial charge in [0.05, 0.1) is 6.26 Å². The van der Waals surface area contributed by atoms with Crippen LogP contribution >= 0.6 is 0 Å². The van der Waals surface area contributed by atoms with Crippen molar-refractivity contribution in [3.8, 4) is 18.6 Å². The van der Waals surface area contributed by atoms with Crippen molar-refractivity contribution in [1.29, 1.82) is 0 Å². The molecule has 68 valence electrons. The van der Waals surface area contributed by atoms with Gasteiger partial charge in [0, 0.05) is 0 Å². The summed E-state index contributed by atoms with van der Waals surface area (Å²) in [5.74, 6) is 0.845. The van der Waals surface area contributed by atoms with Crippen LogP contribution in [0.15, 0.2) is 37.1 Å². The number of hydrogen-bond acceptors (Lipinski definition) is 1. The Morgan fingerprint density at radius 1 is 1.31 bits per heavy atom. The van der Waals surface area contributed by atoms with Crippen molar-refractivity contribution < 1.29 is 4.74 Å². The van der Waals surface area contributed by atoms with E-state index in [4.69, 9.17) is 4.74 Å². The SMILES string of the molecule is C#C.C=COc1ccc(CC)cc1. The van der Waals surface area contributed by atoms with E-state index in [9.17, 15) is 0 Å². The van der Waals surface area contributed by atoms with E-state index in [1.165, 1.54) is 11.8 Å². The van der Waals surface area contributed by atoms with E-state index in [1.54, 1.807) is 0 Å². The zero-order chi connectivity index (χ0) is 10.1. The first-order valence-electron chi connectivity index (χ1n) is 4.06. The van der Waals surface area contributed by atoms with E-state index in [0.717, 1.165) is 12.2 Å². The first kappa shape index (κ1) is 11.3. The first-order valence-corrected chi connectivity index (χ1v) is 4.06. The molecule has 0 atom stereocenters. The van der Waals surface area contributed by atoms with Crippen LogP contribution in [0.1, 0.15) is 12.5 Å². The van der Waals surface area contributed by atoms with E-state index >= 15 is 0 Å². The maximum absolute atomic E-state index is 5.07. The third-order valence-corrected chi connectivity index (χ3v) is 1.55. The van der Waals surface area contributed by atoms with Crippen LogP contribution < -0.4 is 4.74 Å². The van der Waals surface area contributed by atoms with Gasteiger partial charge in [-0.15, -0.1) is 12.8 Å². The standard InChI is InChI=1S/C10H12O.C2H2/c1-3-9-5-7-10(8-6-9)11-4-2;1-2/h4-8H,2-3H2,1H3;1-2H. The quantitative estimate of drug-likeness (QED) is 0.505. The van der Waals surface area contributed by atoms with Crippen LogP contribution in [0.5, 0.6) is 5.75 Å². The predicted molar refractivity (Wildman–Crippen MR) is 56.5 cm³/mol. The molecule has 1 nitrogen and oxygen atoms in total. The Balaban J connectivity index is 0.000000671. The predicted octanol–water partition coefficient (Wildman–Crippen LogP) is 3.02. The molecule has 1 rings (SSSR count). The van der Waals surface area contributed by atoms with Gasteiger partial charge in [-0.1, -0.05) is 25.6 Å². The van der Waals surface area contributed by atoms with Crippen LogP contribution in [-0.2, 0) is 6.42 Å². The van der Waals surface area contributed by atoms with Gasteiger partial charge in [-0.3, -0.25) is 0 Å². The lowest BCUT2D eigenvalue weighted by Gasteiger charge is -1.99.